The number of hydrogen-bond acceptors (Lipinski definition) is 3. The Balaban J connectivity index is 1.91. The van der Waals surface area contributed by atoms with Crippen molar-refractivity contribution in [2.24, 2.45) is 0 Å². The van der Waals surface area contributed by atoms with Crippen LogP contribution in [0.25, 0.3) is 0 Å². The van der Waals surface area contributed by atoms with Crippen LogP contribution in [0.4, 0.5) is 0 Å². The fraction of sp³-hybridized carbons (Fsp3) is 0.571. The van der Waals surface area contributed by atoms with E-state index in [9.17, 15) is 5.11 Å². The highest BCUT2D eigenvalue weighted by atomic mass is 16.5. The maximum atomic E-state index is 10.3. The van der Waals surface area contributed by atoms with E-state index in [2.05, 4.69) is 29.2 Å². The zero-order valence-corrected chi connectivity index (χ0v) is 10.0. The summed E-state index contributed by atoms with van der Waals surface area (Å²) in [5.41, 5.74) is 2.71. The number of nitrogens with zero attached hydrogens (tertiary/aromatic N) is 1. The average Bonchev–Trinajstić information content (AvgIpc) is 2.39. The topological polar surface area (TPSA) is 32.7 Å². The largest absolute Gasteiger partial charge is 0.391 e. The first-order chi connectivity index (χ1) is 8.36. The quantitative estimate of drug-likeness (QED) is 0.795. The number of aryl methyl sites for hydroxylation is 1. The summed E-state index contributed by atoms with van der Waals surface area (Å²) in [5, 5.41) is 10.3. The maximum Gasteiger partial charge on any atom is 0.0740 e. The van der Waals surface area contributed by atoms with Gasteiger partial charge >= 0.3 is 0 Å². The summed E-state index contributed by atoms with van der Waals surface area (Å²) in [6, 6.07) is 8.69. The molecule has 0 spiro atoms. The predicted molar refractivity (Wildman–Crippen MR) is 65.9 cm³/mol. The van der Waals surface area contributed by atoms with Crippen molar-refractivity contribution in [3.05, 3.63) is 35.4 Å². The number of aliphatic hydroxyl groups excluding tert-OH is 1. The lowest BCUT2D eigenvalue weighted by Gasteiger charge is -2.40. The van der Waals surface area contributed by atoms with Gasteiger partial charge in [-0.25, -0.2) is 0 Å². The van der Waals surface area contributed by atoms with Gasteiger partial charge in [0.2, 0.25) is 0 Å². The van der Waals surface area contributed by atoms with Crippen LogP contribution in [0.2, 0.25) is 0 Å². The third kappa shape index (κ3) is 2.10. The minimum atomic E-state index is -0.233. The molecular weight excluding hydrogens is 214 g/mol. The van der Waals surface area contributed by atoms with Gasteiger partial charge in [0.1, 0.15) is 0 Å². The highest BCUT2D eigenvalue weighted by Gasteiger charge is 2.33. The van der Waals surface area contributed by atoms with Crippen LogP contribution in [0.3, 0.4) is 0 Å². The van der Waals surface area contributed by atoms with E-state index in [1.807, 2.05) is 0 Å². The number of aliphatic hydroxyl groups is 1. The highest BCUT2D eigenvalue weighted by Crippen LogP contribution is 2.34. The molecule has 1 aromatic carbocycles. The lowest BCUT2D eigenvalue weighted by molar-refractivity contribution is -0.0283. The second-order valence-electron chi connectivity index (χ2n) is 4.90. The summed E-state index contributed by atoms with van der Waals surface area (Å²) in [7, 11) is 0. The molecule has 0 radical (unpaired) electrons. The van der Waals surface area contributed by atoms with Crippen molar-refractivity contribution in [3.63, 3.8) is 0 Å². The summed E-state index contributed by atoms with van der Waals surface area (Å²) in [6.45, 7) is 3.42. The lowest BCUT2D eigenvalue weighted by atomic mass is 9.84. The Labute approximate surface area is 102 Å². The number of hydrogen-bond donors (Lipinski definition) is 1. The molecule has 0 bridgehead atoms. The number of rotatable bonds is 1. The van der Waals surface area contributed by atoms with Crippen LogP contribution in [0, 0.1) is 0 Å². The zero-order valence-electron chi connectivity index (χ0n) is 10.0. The van der Waals surface area contributed by atoms with E-state index >= 15 is 0 Å². The Hall–Kier alpha value is -0.900. The van der Waals surface area contributed by atoms with E-state index in [0.717, 1.165) is 39.1 Å². The van der Waals surface area contributed by atoms with Gasteiger partial charge < -0.3 is 9.84 Å². The summed E-state index contributed by atoms with van der Waals surface area (Å²) < 4.78 is 5.39. The summed E-state index contributed by atoms with van der Waals surface area (Å²) >= 11 is 0. The van der Waals surface area contributed by atoms with Crippen molar-refractivity contribution in [1.82, 2.24) is 4.90 Å². The van der Waals surface area contributed by atoms with Crippen molar-refractivity contribution in [3.8, 4) is 0 Å². The minimum absolute atomic E-state index is 0.170. The molecule has 0 aromatic heterocycles. The normalized spacial score (nSPS) is 29.9. The number of ether oxygens (including phenoxy) is 1. The van der Waals surface area contributed by atoms with E-state index in [1.54, 1.807) is 0 Å². The van der Waals surface area contributed by atoms with Gasteiger partial charge in [-0.3, -0.25) is 4.90 Å². The molecule has 0 saturated carbocycles. The van der Waals surface area contributed by atoms with Crippen LogP contribution in [0.15, 0.2) is 24.3 Å². The smallest absolute Gasteiger partial charge is 0.0740 e. The fourth-order valence-electron chi connectivity index (χ4n) is 3.01. The molecule has 3 heteroatoms. The Morgan fingerprint density at radius 2 is 1.94 bits per heavy atom. The molecule has 17 heavy (non-hydrogen) atoms. The summed E-state index contributed by atoms with van der Waals surface area (Å²) in [6.07, 6.45) is 1.64. The van der Waals surface area contributed by atoms with Gasteiger partial charge in [-0.15, -0.1) is 0 Å². The molecule has 1 aliphatic carbocycles. The molecule has 2 atom stereocenters. The fourth-order valence-corrected chi connectivity index (χ4v) is 3.01. The second kappa shape index (κ2) is 4.77. The molecule has 1 N–H and O–H groups in total. The molecule has 2 aliphatic rings. The molecule has 0 unspecified atom stereocenters. The Morgan fingerprint density at radius 3 is 2.76 bits per heavy atom. The second-order valence-corrected chi connectivity index (χ2v) is 4.90. The summed E-state index contributed by atoms with van der Waals surface area (Å²) in [5.74, 6) is 0. The van der Waals surface area contributed by atoms with E-state index in [1.165, 1.54) is 11.1 Å². The van der Waals surface area contributed by atoms with E-state index < -0.39 is 0 Å². The van der Waals surface area contributed by atoms with Gasteiger partial charge in [0, 0.05) is 13.1 Å². The van der Waals surface area contributed by atoms with Crippen LogP contribution in [0.5, 0.6) is 0 Å². The molecule has 1 aromatic rings. The first-order valence-corrected chi connectivity index (χ1v) is 6.44. The van der Waals surface area contributed by atoms with Crippen LogP contribution >= 0.6 is 0 Å². The molecular formula is C14H19NO2. The minimum Gasteiger partial charge on any atom is -0.391 e. The van der Waals surface area contributed by atoms with Gasteiger partial charge in [-0.1, -0.05) is 24.3 Å². The van der Waals surface area contributed by atoms with Gasteiger partial charge in [0.05, 0.1) is 25.4 Å². The molecule has 1 heterocycles. The molecule has 1 fully saturated rings. The van der Waals surface area contributed by atoms with Crippen LogP contribution in [-0.2, 0) is 11.2 Å². The third-order valence-corrected chi connectivity index (χ3v) is 3.89. The Morgan fingerprint density at radius 1 is 1.18 bits per heavy atom. The molecule has 0 amide bonds. The van der Waals surface area contributed by atoms with Crippen molar-refractivity contribution in [2.75, 3.05) is 26.3 Å². The first kappa shape index (κ1) is 11.2. The van der Waals surface area contributed by atoms with Gasteiger partial charge in [0.25, 0.3) is 0 Å². The average molecular weight is 233 g/mol. The summed E-state index contributed by atoms with van der Waals surface area (Å²) in [4.78, 5) is 2.37. The number of morpholine rings is 1. The standard InChI is InChI=1S/C14H19NO2/c16-13-6-5-11-3-1-2-4-12(11)14(13)15-7-9-17-10-8-15/h1-4,13-14,16H,5-10H2/t13-,14-/m1/s1. The van der Waals surface area contributed by atoms with Gasteiger partial charge in [0.15, 0.2) is 0 Å². The number of fused-ring (bicyclic) bond motifs is 1. The first-order valence-electron chi connectivity index (χ1n) is 6.44. The Kier molecular flexibility index (Phi) is 3.14. The number of benzene rings is 1. The lowest BCUT2D eigenvalue weighted by Crippen LogP contribution is -2.45. The molecule has 92 valence electrons. The van der Waals surface area contributed by atoms with E-state index in [4.69, 9.17) is 4.74 Å². The monoisotopic (exact) mass is 233 g/mol. The van der Waals surface area contributed by atoms with E-state index in [0.29, 0.717) is 0 Å². The molecule has 3 nitrogen and oxygen atoms in total. The SMILES string of the molecule is O[C@@H]1CCc2ccccc2[C@H]1N1CCOCC1. The van der Waals surface area contributed by atoms with Crippen molar-refractivity contribution in [2.45, 2.75) is 25.0 Å². The van der Waals surface area contributed by atoms with E-state index in [-0.39, 0.29) is 12.1 Å². The van der Waals surface area contributed by atoms with Gasteiger partial charge in [-0.05, 0) is 24.0 Å². The van der Waals surface area contributed by atoms with Crippen molar-refractivity contribution in [1.29, 1.82) is 0 Å². The zero-order chi connectivity index (χ0) is 11.7. The van der Waals surface area contributed by atoms with Crippen LogP contribution < -0.4 is 0 Å². The van der Waals surface area contributed by atoms with Crippen molar-refractivity contribution < 1.29 is 9.84 Å². The molecule has 1 saturated heterocycles. The van der Waals surface area contributed by atoms with Crippen LogP contribution in [0.1, 0.15) is 23.6 Å². The third-order valence-electron chi connectivity index (χ3n) is 3.89. The maximum absolute atomic E-state index is 10.3. The predicted octanol–water partition coefficient (Wildman–Crippen LogP) is 1.37. The van der Waals surface area contributed by atoms with Gasteiger partial charge in [-0.2, -0.15) is 0 Å². The molecule has 3 rings (SSSR count). The van der Waals surface area contributed by atoms with Crippen LogP contribution in [-0.4, -0.2) is 42.4 Å². The molecule has 1 aliphatic heterocycles. The highest BCUT2D eigenvalue weighted by molar-refractivity contribution is 5.33. The Bertz CT molecular complexity index is 388. The van der Waals surface area contributed by atoms with Crippen molar-refractivity contribution >= 4 is 0 Å².